The number of amides is 1. The van der Waals surface area contributed by atoms with E-state index in [-0.39, 0.29) is 11.7 Å². The van der Waals surface area contributed by atoms with Crippen LogP contribution in [0.2, 0.25) is 10.0 Å². The van der Waals surface area contributed by atoms with E-state index >= 15 is 0 Å². The third kappa shape index (κ3) is 3.03. The lowest BCUT2D eigenvalue weighted by Gasteiger charge is -2.35. The lowest BCUT2D eigenvalue weighted by atomic mass is 10.2. The average molecular weight is 341 g/mol. The average Bonchev–Trinajstić information content (AvgIpc) is 2.93. The molecule has 22 heavy (non-hydrogen) atoms. The van der Waals surface area contributed by atoms with E-state index in [4.69, 9.17) is 27.7 Å². The largest absolute Gasteiger partial charge is 0.352 e. The van der Waals surface area contributed by atoms with Crippen molar-refractivity contribution in [1.82, 2.24) is 15.0 Å². The zero-order valence-corrected chi connectivity index (χ0v) is 13.4. The van der Waals surface area contributed by atoms with Gasteiger partial charge in [-0.1, -0.05) is 28.4 Å². The van der Waals surface area contributed by atoms with Crippen LogP contribution >= 0.6 is 23.2 Å². The lowest BCUT2D eigenvalue weighted by Crippen LogP contribution is -2.49. The van der Waals surface area contributed by atoms with Crippen LogP contribution < -0.4 is 4.90 Å². The Kier molecular flexibility index (Phi) is 4.22. The van der Waals surface area contributed by atoms with E-state index < -0.39 is 0 Å². The molecule has 0 atom stereocenters. The molecular formula is C14H14Cl2N4O2. The number of carbonyl (C=O) groups is 1. The number of halogens is 2. The van der Waals surface area contributed by atoms with Crippen molar-refractivity contribution >= 4 is 34.9 Å². The van der Waals surface area contributed by atoms with Gasteiger partial charge in [-0.3, -0.25) is 4.79 Å². The summed E-state index contributed by atoms with van der Waals surface area (Å²) in [6.07, 6.45) is 1.57. The van der Waals surface area contributed by atoms with Gasteiger partial charge >= 0.3 is 0 Å². The van der Waals surface area contributed by atoms with Crippen molar-refractivity contribution in [2.24, 2.45) is 0 Å². The van der Waals surface area contributed by atoms with Gasteiger partial charge in [0.15, 0.2) is 0 Å². The fourth-order valence-electron chi connectivity index (χ4n) is 2.38. The molecule has 2 aromatic heterocycles. The summed E-state index contributed by atoms with van der Waals surface area (Å²) in [7, 11) is 0. The van der Waals surface area contributed by atoms with Crippen molar-refractivity contribution < 1.29 is 9.32 Å². The van der Waals surface area contributed by atoms with Crippen molar-refractivity contribution in [3.63, 3.8) is 0 Å². The number of pyridine rings is 1. The van der Waals surface area contributed by atoms with Crippen LogP contribution in [0.4, 0.5) is 5.82 Å². The van der Waals surface area contributed by atoms with Crippen molar-refractivity contribution in [2.75, 3.05) is 31.1 Å². The number of hydrogen-bond donors (Lipinski definition) is 0. The third-order valence-corrected chi connectivity index (χ3v) is 3.98. The Morgan fingerprint density at radius 3 is 2.55 bits per heavy atom. The van der Waals surface area contributed by atoms with Crippen LogP contribution in [0.1, 0.15) is 16.2 Å². The summed E-state index contributed by atoms with van der Waals surface area (Å²) in [5, 5.41) is 4.76. The first-order valence-corrected chi connectivity index (χ1v) is 7.59. The van der Waals surface area contributed by atoms with Crippen LogP contribution in [-0.2, 0) is 0 Å². The molecule has 6 nitrogen and oxygen atoms in total. The van der Waals surface area contributed by atoms with E-state index in [0.717, 1.165) is 0 Å². The molecule has 3 rings (SSSR count). The molecule has 0 radical (unpaired) electrons. The Morgan fingerprint density at radius 2 is 1.95 bits per heavy atom. The molecule has 1 fully saturated rings. The Morgan fingerprint density at radius 1 is 1.23 bits per heavy atom. The number of anilines is 1. The third-order valence-electron chi connectivity index (χ3n) is 3.49. The standard InChI is InChI=1S/C14H14Cl2N4O2/c1-9-6-12(22-18-9)14(21)20-4-2-19(3-5-20)13-11(16)7-10(15)8-17-13/h6-8H,2-5H2,1H3. The van der Waals surface area contributed by atoms with E-state index in [2.05, 4.69) is 10.1 Å². The van der Waals surface area contributed by atoms with Crippen LogP contribution in [0.25, 0.3) is 0 Å². The zero-order chi connectivity index (χ0) is 15.7. The van der Waals surface area contributed by atoms with E-state index in [1.54, 1.807) is 30.2 Å². The van der Waals surface area contributed by atoms with Crippen LogP contribution in [0.3, 0.4) is 0 Å². The summed E-state index contributed by atoms with van der Waals surface area (Å²) >= 11 is 12.0. The number of rotatable bonds is 2. The predicted molar refractivity (Wildman–Crippen MR) is 83.6 cm³/mol. The highest BCUT2D eigenvalue weighted by atomic mass is 35.5. The normalized spacial score (nSPS) is 15.2. The summed E-state index contributed by atoms with van der Waals surface area (Å²) in [4.78, 5) is 20.3. The van der Waals surface area contributed by atoms with Gasteiger partial charge < -0.3 is 14.3 Å². The van der Waals surface area contributed by atoms with Crippen molar-refractivity contribution in [3.05, 3.63) is 39.8 Å². The second kappa shape index (κ2) is 6.14. The van der Waals surface area contributed by atoms with Crippen LogP contribution in [-0.4, -0.2) is 47.1 Å². The van der Waals surface area contributed by atoms with Gasteiger partial charge in [-0.2, -0.15) is 0 Å². The van der Waals surface area contributed by atoms with Crippen molar-refractivity contribution in [2.45, 2.75) is 6.92 Å². The first-order chi connectivity index (χ1) is 10.5. The first-order valence-electron chi connectivity index (χ1n) is 6.83. The smallest absolute Gasteiger partial charge is 0.292 e. The second-order valence-electron chi connectivity index (χ2n) is 5.07. The van der Waals surface area contributed by atoms with Gasteiger partial charge in [-0.25, -0.2) is 4.98 Å². The molecule has 0 bridgehead atoms. The molecule has 0 unspecified atom stereocenters. The number of aryl methyl sites for hydroxylation is 1. The van der Waals surface area contributed by atoms with Crippen molar-refractivity contribution in [1.29, 1.82) is 0 Å². The molecule has 2 aromatic rings. The zero-order valence-electron chi connectivity index (χ0n) is 11.9. The number of carbonyl (C=O) groups excluding carboxylic acids is 1. The van der Waals surface area contributed by atoms with E-state index in [1.165, 1.54) is 0 Å². The monoisotopic (exact) mass is 340 g/mol. The quantitative estimate of drug-likeness (QED) is 0.840. The molecule has 0 spiro atoms. The molecule has 0 aliphatic carbocycles. The summed E-state index contributed by atoms with van der Waals surface area (Å²) in [6.45, 7) is 4.21. The maximum absolute atomic E-state index is 12.3. The maximum atomic E-state index is 12.3. The second-order valence-corrected chi connectivity index (χ2v) is 5.91. The van der Waals surface area contributed by atoms with Gasteiger partial charge in [0.1, 0.15) is 5.82 Å². The molecular weight excluding hydrogens is 327 g/mol. The summed E-state index contributed by atoms with van der Waals surface area (Å²) in [5.41, 5.74) is 0.694. The molecule has 8 heteroatoms. The van der Waals surface area contributed by atoms with Gasteiger partial charge in [-0.05, 0) is 13.0 Å². The minimum atomic E-state index is -0.143. The fraction of sp³-hybridized carbons (Fsp3) is 0.357. The van der Waals surface area contributed by atoms with Crippen molar-refractivity contribution in [3.8, 4) is 0 Å². The molecule has 3 heterocycles. The molecule has 1 saturated heterocycles. The SMILES string of the molecule is Cc1cc(C(=O)N2CCN(c3ncc(Cl)cc3Cl)CC2)on1. The van der Waals surface area contributed by atoms with Gasteiger partial charge in [0.05, 0.1) is 15.7 Å². The van der Waals surface area contributed by atoms with E-state index in [9.17, 15) is 4.79 Å². The fourth-order valence-corrected chi connectivity index (χ4v) is 2.88. The molecule has 1 aliphatic rings. The van der Waals surface area contributed by atoms with Gasteiger partial charge in [0.2, 0.25) is 5.76 Å². The number of hydrogen-bond acceptors (Lipinski definition) is 5. The highest BCUT2D eigenvalue weighted by molar-refractivity contribution is 6.36. The van der Waals surface area contributed by atoms with Gasteiger partial charge in [0, 0.05) is 38.4 Å². The van der Waals surface area contributed by atoms with Gasteiger partial charge in [0.25, 0.3) is 5.91 Å². The van der Waals surface area contributed by atoms with Crippen LogP contribution in [0.15, 0.2) is 22.9 Å². The highest BCUT2D eigenvalue weighted by Gasteiger charge is 2.26. The molecule has 1 aliphatic heterocycles. The van der Waals surface area contributed by atoms with E-state index in [0.29, 0.717) is 47.7 Å². The number of aromatic nitrogens is 2. The Hall–Kier alpha value is -1.79. The minimum absolute atomic E-state index is 0.143. The first kappa shape index (κ1) is 15.1. The molecule has 0 saturated carbocycles. The number of piperazine rings is 1. The molecule has 0 aromatic carbocycles. The predicted octanol–water partition coefficient (Wildman–Crippen LogP) is 2.65. The maximum Gasteiger partial charge on any atom is 0.292 e. The summed E-state index contributed by atoms with van der Waals surface area (Å²) < 4.78 is 5.02. The number of nitrogens with zero attached hydrogens (tertiary/aromatic N) is 4. The summed E-state index contributed by atoms with van der Waals surface area (Å²) in [5.74, 6) is 0.817. The van der Waals surface area contributed by atoms with Crippen LogP contribution in [0.5, 0.6) is 0 Å². The Balaban J connectivity index is 1.66. The summed E-state index contributed by atoms with van der Waals surface area (Å²) in [6, 6.07) is 3.31. The van der Waals surface area contributed by atoms with Gasteiger partial charge in [-0.15, -0.1) is 0 Å². The Labute approximate surface area is 137 Å². The minimum Gasteiger partial charge on any atom is -0.352 e. The van der Waals surface area contributed by atoms with E-state index in [1.807, 2.05) is 4.90 Å². The van der Waals surface area contributed by atoms with Crippen LogP contribution in [0, 0.1) is 6.92 Å². The Bertz CT molecular complexity index is 696. The lowest BCUT2D eigenvalue weighted by molar-refractivity contribution is 0.0704. The molecule has 116 valence electrons. The molecule has 0 N–H and O–H groups in total. The topological polar surface area (TPSA) is 62.5 Å². The highest BCUT2D eigenvalue weighted by Crippen LogP contribution is 2.26. The molecule has 1 amide bonds.